The van der Waals surface area contributed by atoms with Crippen LogP contribution in [0.5, 0.6) is 0 Å². The maximum atomic E-state index is 13.2. The van der Waals surface area contributed by atoms with Crippen LogP contribution in [-0.4, -0.2) is 60.9 Å². The van der Waals surface area contributed by atoms with E-state index in [4.69, 9.17) is 0 Å². The third kappa shape index (κ3) is 6.09. The molecule has 0 bridgehead atoms. The second-order valence-electron chi connectivity index (χ2n) is 7.85. The van der Waals surface area contributed by atoms with E-state index in [1.54, 1.807) is 23.9 Å². The Bertz CT molecular complexity index is 835. The Labute approximate surface area is 183 Å². The predicted molar refractivity (Wildman–Crippen MR) is 123 cm³/mol. The van der Waals surface area contributed by atoms with Crippen LogP contribution < -0.4 is 10.2 Å². The number of thioether (sulfide) groups is 1. The summed E-state index contributed by atoms with van der Waals surface area (Å²) in [6.07, 6.45) is 2.67. The summed E-state index contributed by atoms with van der Waals surface area (Å²) in [7, 11) is 0. The van der Waals surface area contributed by atoms with E-state index in [1.807, 2.05) is 29.4 Å². The van der Waals surface area contributed by atoms with E-state index in [2.05, 4.69) is 36.5 Å². The van der Waals surface area contributed by atoms with Crippen molar-refractivity contribution in [1.29, 1.82) is 0 Å². The molecule has 1 aliphatic heterocycles. The lowest BCUT2D eigenvalue weighted by atomic mass is 10.1. The quantitative estimate of drug-likeness (QED) is 0.677. The molecule has 0 saturated carbocycles. The number of amides is 2. The topological polar surface area (TPSA) is 53.9 Å². The van der Waals surface area contributed by atoms with Crippen LogP contribution in [0.4, 0.5) is 0 Å². The number of quaternary nitrogens is 1. The zero-order valence-corrected chi connectivity index (χ0v) is 18.7. The first-order chi connectivity index (χ1) is 14.6. The zero-order chi connectivity index (χ0) is 21.3. The molecule has 0 radical (unpaired) electrons. The Hall–Kier alpha value is -2.31. The fourth-order valence-corrected chi connectivity index (χ4v) is 4.31. The monoisotopic (exact) mass is 426 g/mol. The van der Waals surface area contributed by atoms with Gasteiger partial charge in [0.25, 0.3) is 5.91 Å². The maximum absolute atomic E-state index is 13.2. The van der Waals surface area contributed by atoms with Gasteiger partial charge in [-0.05, 0) is 43.0 Å². The van der Waals surface area contributed by atoms with E-state index < -0.39 is 6.04 Å². The number of rotatable bonds is 8. The van der Waals surface area contributed by atoms with Crippen LogP contribution in [0.2, 0.25) is 0 Å². The molecular weight excluding hydrogens is 394 g/mol. The standard InChI is InChI=1S/C24H31N3O2S/c1-19-8-6-7-11-21(19)18-26-13-15-27(16-14-26)24(29)22(12-17-30-2)25-23(28)20-9-4-3-5-10-20/h3-11,22H,12-18H2,1-2H3,(H,25,28)/p+1/t22-/m1/s1. The molecule has 1 heterocycles. The second-order valence-corrected chi connectivity index (χ2v) is 8.84. The smallest absolute Gasteiger partial charge is 0.251 e. The number of hydrogen-bond acceptors (Lipinski definition) is 3. The van der Waals surface area contributed by atoms with Crippen molar-refractivity contribution in [3.05, 3.63) is 71.3 Å². The molecule has 2 aromatic carbocycles. The Balaban J connectivity index is 1.57. The largest absolute Gasteiger partial charge is 0.340 e. The molecule has 0 unspecified atom stereocenters. The molecular formula is C24H32N3O2S+. The molecule has 0 aliphatic carbocycles. The van der Waals surface area contributed by atoms with Crippen molar-refractivity contribution >= 4 is 23.6 Å². The number of nitrogens with zero attached hydrogens (tertiary/aromatic N) is 1. The molecule has 30 heavy (non-hydrogen) atoms. The van der Waals surface area contributed by atoms with Crippen LogP contribution in [-0.2, 0) is 11.3 Å². The molecule has 1 saturated heterocycles. The molecule has 2 amide bonds. The van der Waals surface area contributed by atoms with Crippen LogP contribution in [0.15, 0.2) is 54.6 Å². The van der Waals surface area contributed by atoms with E-state index in [0.29, 0.717) is 12.0 Å². The number of hydrogen-bond donors (Lipinski definition) is 2. The number of benzene rings is 2. The number of nitrogens with one attached hydrogen (secondary N) is 2. The summed E-state index contributed by atoms with van der Waals surface area (Å²) in [5.74, 6) is 0.700. The zero-order valence-electron chi connectivity index (χ0n) is 17.9. The summed E-state index contributed by atoms with van der Waals surface area (Å²) < 4.78 is 0. The van der Waals surface area contributed by atoms with Gasteiger partial charge in [0.05, 0.1) is 26.2 Å². The Morgan fingerprint density at radius 2 is 1.73 bits per heavy atom. The summed E-state index contributed by atoms with van der Waals surface area (Å²) >= 11 is 1.69. The predicted octanol–water partition coefficient (Wildman–Crippen LogP) is 1.77. The third-order valence-electron chi connectivity index (χ3n) is 5.73. The van der Waals surface area contributed by atoms with Gasteiger partial charge in [-0.1, -0.05) is 42.5 Å². The number of piperazine rings is 1. The second kappa shape index (κ2) is 11.2. The molecule has 6 heteroatoms. The van der Waals surface area contributed by atoms with Gasteiger partial charge in [0.2, 0.25) is 5.91 Å². The van der Waals surface area contributed by atoms with Crippen LogP contribution in [0, 0.1) is 6.92 Å². The van der Waals surface area contributed by atoms with Crippen LogP contribution >= 0.6 is 11.8 Å². The molecule has 1 aliphatic rings. The molecule has 0 spiro atoms. The lowest BCUT2D eigenvalue weighted by Gasteiger charge is -2.34. The van der Waals surface area contributed by atoms with Gasteiger partial charge in [0.1, 0.15) is 12.6 Å². The lowest BCUT2D eigenvalue weighted by Crippen LogP contribution is -3.13. The average Bonchev–Trinajstić information content (AvgIpc) is 2.78. The van der Waals surface area contributed by atoms with Crippen LogP contribution in [0.25, 0.3) is 0 Å². The summed E-state index contributed by atoms with van der Waals surface area (Å²) in [5, 5.41) is 2.97. The van der Waals surface area contributed by atoms with Gasteiger partial charge in [-0.25, -0.2) is 0 Å². The van der Waals surface area contributed by atoms with E-state index in [1.165, 1.54) is 16.0 Å². The first-order valence-corrected chi connectivity index (χ1v) is 12.0. The first kappa shape index (κ1) is 22.4. The average molecular weight is 427 g/mol. The molecule has 2 aromatic rings. The van der Waals surface area contributed by atoms with E-state index in [9.17, 15) is 9.59 Å². The number of carbonyl (C=O) groups is 2. The molecule has 5 nitrogen and oxygen atoms in total. The van der Waals surface area contributed by atoms with Gasteiger partial charge in [-0.3, -0.25) is 9.59 Å². The van der Waals surface area contributed by atoms with Gasteiger partial charge >= 0.3 is 0 Å². The van der Waals surface area contributed by atoms with Crippen molar-refractivity contribution in [1.82, 2.24) is 10.2 Å². The fourth-order valence-electron chi connectivity index (χ4n) is 3.84. The summed E-state index contributed by atoms with van der Waals surface area (Å²) in [4.78, 5) is 29.2. The van der Waals surface area contributed by atoms with Crippen LogP contribution in [0.1, 0.15) is 27.9 Å². The van der Waals surface area contributed by atoms with Gasteiger partial charge in [0.15, 0.2) is 0 Å². The minimum Gasteiger partial charge on any atom is -0.340 e. The van der Waals surface area contributed by atoms with E-state index >= 15 is 0 Å². The van der Waals surface area contributed by atoms with Crippen molar-refractivity contribution in [3.63, 3.8) is 0 Å². The van der Waals surface area contributed by atoms with Crippen molar-refractivity contribution in [2.24, 2.45) is 0 Å². The first-order valence-electron chi connectivity index (χ1n) is 10.6. The number of carbonyl (C=O) groups excluding carboxylic acids is 2. The highest BCUT2D eigenvalue weighted by Crippen LogP contribution is 2.09. The molecule has 1 fully saturated rings. The van der Waals surface area contributed by atoms with E-state index in [-0.39, 0.29) is 11.8 Å². The molecule has 1 atom stereocenters. The maximum Gasteiger partial charge on any atom is 0.251 e. The van der Waals surface area contributed by atoms with Gasteiger partial charge in [-0.2, -0.15) is 11.8 Å². The summed E-state index contributed by atoms with van der Waals surface area (Å²) in [6, 6.07) is 17.1. The Morgan fingerprint density at radius 3 is 2.40 bits per heavy atom. The van der Waals surface area contributed by atoms with Crippen molar-refractivity contribution in [3.8, 4) is 0 Å². The van der Waals surface area contributed by atoms with Crippen molar-refractivity contribution in [2.75, 3.05) is 38.2 Å². The molecule has 2 N–H and O–H groups in total. The molecule has 0 aromatic heterocycles. The van der Waals surface area contributed by atoms with Gasteiger partial charge in [0, 0.05) is 11.1 Å². The minimum atomic E-state index is -0.469. The summed E-state index contributed by atoms with van der Waals surface area (Å²) in [5.41, 5.74) is 3.29. The fraction of sp³-hybridized carbons (Fsp3) is 0.417. The lowest BCUT2D eigenvalue weighted by molar-refractivity contribution is -0.917. The minimum absolute atomic E-state index is 0.0447. The highest BCUT2D eigenvalue weighted by atomic mass is 32.2. The highest BCUT2D eigenvalue weighted by molar-refractivity contribution is 7.98. The summed E-state index contributed by atoms with van der Waals surface area (Å²) in [6.45, 7) is 6.48. The SMILES string of the molecule is CSCC[C@@H](NC(=O)c1ccccc1)C(=O)N1CC[NH+](Cc2ccccc2C)CC1. The van der Waals surface area contributed by atoms with Gasteiger partial charge in [-0.15, -0.1) is 0 Å². The van der Waals surface area contributed by atoms with Crippen molar-refractivity contribution in [2.45, 2.75) is 25.9 Å². The normalized spacial score (nSPS) is 15.6. The van der Waals surface area contributed by atoms with Crippen molar-refractivity contribution < 1.29 is 14.5 Å². The number of aryl methyl sites for hydroxylation is 1. The molecule has 3 rings (SSSR count). The highest BCUT2D eigenvalue weighted by Gasteiger charge is 2.30. The van der Waals surface area contributed by atoms with E-state index in [0.717, 1.165) is 38.5 Å². The van der Waals surface area contributed by atoms with Gasteiger partial charge < -0.3 is 15.1 Å². The van der Waals surface area contributed by atoms with Crippen LogP contribution in [0.3, 0.4) is 0 Å². The Morgan fingerprint density at radius 1 is 1.07 bits per heavy atom. The molecule has 160 valence electrons. The Kier molecular flexibility index (Phi) is 8.34. The third-order valence-corrected chi connectivity index (χ3v) is 6.38.